The second-order valence-electron chi connectivity index (χ2n) is 6.24. The molecule has 1 aliphatic heterocycles. The molecule has 1 unspecified atom stereocenters. The van der Waals surface area contributed by atoms with Gasteiger partial charge >= 0.3 is 0 Å². The Hall–Kier alpha value is -3.12. The Morgan fingerprint density at radius 3 is 2.43 bits per heavy atom. The first-order chi connectivity index (χ1) is 13.6. The van der Waals surface area contributed by atoms with Gasteiger partial charge in [0.05, 0.1) is 5.69 Å². The van der Waals surface area contributed by atoms with E-state index in [1.165, 1.54) is 0 Å². The molecule has 5 nitrogen and oxygen atoms in total. The molecule has 0 radical (unpaired) electrons. The summed E-state index contributed by atoms with van der Waals surface area (Å²) in [5.41, 5.74) is 1.36. The zero-order chi connectivity index (χ0) is 19.5. The van der Waals surface area contributed by atoms with E-state index in [9.17, 15) is 9.59 Å². The van der Waals surface area contributed by atoms with Crippen LogP contribution in [0.4, 0.5) is 5.69 Å². The summed E-state index contributed by atoms with van der Waals surface area (Å²) in [6.07, 6.45) is -0.807. The zero-order valence-electron chi connectivity index (χ0n) is 14.7. The highest BCUT2D eigenvalue weighted by Crippen LogP contribution is 2.31. The van der Waals surface area contributed by atoms with Crippen LogP contribution in [-0.4, -0.2) is 24.4 Å². The van der Waals surface area contributed by atoms with Gasteiger partial charge in [0.25, 0.3) is 5.91 Å². The van der Waals surface area contributed by atoms with Crippen molar-refractivity contribution in [2.24, 2.45) is 0 Å². The summed E-state index contributed by atoms with van der Waals surface area (Å²) in [5.74, 6) is 0.572. The van der Waals surface area contributed by atoms with E-state index in [0.29, 0.717) is 28.3 Å². The van der Waals surface area contributed by atoms with E-state index < -0.39 is 6.10 Å². The molecule has 1 N–H and O–H groups in total. The maximum Gasteiger partial charge on any atom is 0.269 e. The molecule has 0 spiro atoms. The maximum atomic E-state index is 12.9. The molecule has 1 atom stereocenters. The predicted octanol–water partition coefficient (Wildman–Crippen LogP) is 4.46. The minimum atomic E-state index is -0.807. The van der Waals surface area contributed by atoms with Crippen molar-refractivity contribution >= 4 is 33.3 Å². The minimum absolute atomic E-state index is 0.0986. The SMILES string of the molecule is O=C(c1ccccc1)c1cc(Br)ccc1NC(=O)C1COc2ccccc2O1. The lowest BCUT2D eigenvalue weighted by Crippen LogP contribution is -2.40. The van der Waals surface area contributed by atoms with E-state index >= 15 is 0 Å². The monoisotopic (exact) mass is 437 g/mol. The van der Waals surface area contributed by atoms with Gasteiger partial charge in [0.1, 0.15) is 6.61 Å². The lowest BCUT2D eigenvalue weighted by atomic mass is 10.0. The Kier molecular flexibility index (Phi) is 5.12. The standard InChI is InChI=1S/C22H16BrNO4/c23-15-10-11-17(16(12-15)21(25)14-6-2-1-3-7-14)24-22(26)20-13-27-18-8-4-5-9-19(18)28-20/h1-12,20H,13H2,(H,24,26). The van der Waals surface area contributed by atoms with Crippen molar-refractivity contribution in [2.75, 3.05) is 11.9 Å². The Morgan fingerprint density at radius 1 is 0.929 bits per heavy atom. The number of nitrogens with one attached hydrogen (secondary N) is 1. The first-order valence-corrected chi connectivity index (χ1v) is 9.50. The number of carbonyl (C=O) groups excluding carboxylic acids is 2. The summed E-state index contributed by atoms with van der Waals surface area (Å²) >= 11 is 3.39. The van der Waals surface area contributed by atoms with E-state index in [-0.39, 0.29) is 18.3 Å². The molecule has 1 aliphatic rings. The topological polar surface area (TPSA) is 64.6 Å². The van der Waals surface area contributed by atoms with Crippen LogP contribution in [0.25, 0.3) is 0 Å². The summed E-state index contributed by atoms with van der Waals surface area (Å²) in [6.45, 7) is 0.0986. The smallest absolute Gasteiger partial charge is 0.269 e. The Labute approximate surface area is 170 Å². The number of ether oxygens (including phenoxy) is 2. The molecule has 0 saturated heterocycles. The van der Waals surface area contributed by atoms with Crippen LogP contribution in [0, 0.1) is 0 Å². The average molecular weight is 438 g/mol. The highest BCUT2D eigenvalue weighted by atomic mass is 79.9. The number of hydrogen-bond donors (Lipinski definition) is 1. The van der Waals surface area contributed by atoms with E-state index in [2.05, 4.69) is 21.2 Å². The summed E-state index contributed by atoms with van der Waals surface area (Å²) in [7, 11) is 0. The first kappa shape index (κ1) is 18.3. The van der Waals surface area contributed by atoms with Crippen LogP contribution in [-0.2, 0) is 4.79 Å². The number of fused-ring (bicyclic) bond motifs is 1. The van der Waals surface area contributed by atoms with Crippen molar-refractivity contribution in [2.45, 2.75) is 6.10 Å². The third-order valence-electron chi connectivity index (χ3n) is 4.32. The molecule has 4 rings (SSSR count). The van der Waals surface area contributed by atoms with Crippen LogP contribution < -0.4 is 14.8 Å². The zero-order valence-corrected chi connectivity index (χ0v) is 16.3. The largest absolute Gasteiger partial charge is 0.485 e. The number of amides is 1. The number of para-hydroxylation sites is 2. The molecular weight excluding hydrogens is 422 g/mol. The first-order valence-electron chi connectivity index (χ1n) is 8.70. The fourth-order valence-corrected chi connectivity index (χ4v) is 3.28. The van der Waals surface area contributed by atoms with Gasteiger partial charge in [-0.15, -0.1) is 0 Å². The van der Waals surface area contributed by atoms with Crippen molar-refractivity contribution in [1.29, 1.82) is 0 Å². The maximum absolute atomic E-state index is 12.9. The van der Waals surface area contributed by atoms with Crippen molar-refractivity contribution in [1.82, 2.24) is 0 Å². The summed E-state index contributed by atoms with van der Waals surface area (Å²) < 4.78 is 12.1. The molecule has 0 aliphatic carbocycles. The normalized spacial score (nSPS) is 15.0. The second-order valence-corrected chi connectivity index (χ2v) is 7.15. The number of rotatable bonds is 4. The Bertz CT molecular complexity index is 1040. The molecule has 0 aromatic heterocycles. The number of benzene rings is 3. The lowest BCUT2D eigenvalue weighted by Gasteiger charge is -2.25. The molecule has 3 aromatic carbocycles. The van der Waals surface area contributed by atoms with Gasteiger partial charge < -0.3 is 14.8 Å². The van der Waals surface area contributed by atoms with Crippen molar-refractivity contribution in [3.8, 4) is 11.5 Å². The van der Waals surface area contributed by atoms with Crippen LogP contribution >= 0.6 is 15.9 Å². The number of hydrogen-bond acceptors (Lipinski definition) is 4. The van der Waals surface area contributed by atoms with Crippen LogP contribution in [0.5, 0.6) is 11.5 Å². The number of anilines is 1. The van der Waals surface area contributed by atoms with Gasteiger partial charge in [-0.1, -0.05) is 58.4 Å². The number of ketones is 1. The Morgan fingerprint density at radius 2 is 1.64 bits per heavy atom. The molecule has 3 aromatic rings. The van der Waals surface area contributed by atoms with Crippen molar-refractivity contribution in [3.63, 3.8) is 0 Å². The van der Waals surface area contributed by atoms with Gasteiger partial charge in [0.15, 0.2) is 17.3 Å². The average Bonchev–Trinajstić information content (AvgIpc) is 2.74. The summed E-state index contributed by atoms with van der Waals surface area (Å²) in [6, 6.07) is 21.3. The predicted molar refractivity (Wildman–Crippen MR) is 109 cm³/mol. The second kappa shape index (κ2) is 7.86. The molecule has 6 heteroatoms. The summed E-state index contributed by atoms with van der Waals surface area (Å²) in [4.78, 5) is 25.6. The van der Waals surface area contributed by atoms with Gasteiger partial charge in [-0.05, 0) is 30.3 Å². The van der Waals surface area contributed by atoms with Crippen LogP contribution in [0.1, 0.15) is 15.9 Å². The molecule has 1 heterocycles. The lowest BCUT2D eigenvalue weighted by molar-refractivity contribution is -0.125. The van der Waals surface area contributed by atoms with Crippen LogP contribution in [0.2, 0.25) is 0 Å². The highest BCUT2D eigenvalue weighted by Gasteiger charge is 2.28. The van der Waals surface area contributed by atoms with Crippen molar-refractivity contribution in [3.05, 3.63) is 88.4 Å². The third kappa shape index (κ3) is 3.77. The van der Waals surface area contributed by atoms with Gasteiger partial charge in [-0.3, -0.25) is 9.59 Å². The van der Waals surface area contributed by atoms with Crippen LogP contribution in [0.15, 0.2) is 77.3 Å². The number of halogens is 1. The molecule has 140 valence electrons. The minimum Gasteiger partial charge on any atom is -0.485 e. The third-order valence-corrected chi connectivity index (χ3v) is 4.81. The van der Waals surface area contributed by atoms with Crippen LogP contribution in [0.3, 0.4) is 0 Å². The van der Waals surface area contributed by atoms with Crippen molar-refractivity contribution < 1.29 is 19.1 Å². The number of carbonyl (C=O) groups is 2. The molecule has 0 fully saturated rings. The Balaban J connectivity index is 1.57. The molecular formula is C22H16BrNO4. The van der Waals surface area contributed by atoms with E-state index in [1.807, 2.05) is 18.2 Å². The van der Waals surface area contributed by atoms with E-state index in [0.717, 1.165) is 4.47 Å². The molecule has 0 saturated carbocycles. The van der Waals surface area contributed by atoms with Gasteiger partial charge in [0.2, 0.25) is 6.10 Å². The van der Waals surface area contributed by atoms with E-state index in [1.54, 1.807) is 54.6 Å². The van der Waals surface area contributed by atoms with E-state index in [4.69, 9.17) is 9.47 Å². The molecule has 28 heavy (non-hydrogen) atoms. The fourth-order valence-electron chi connectivity index (χ4n) is 2.92. The molecule has 1 amide bonds. The summed E-state index contributed by atoms with van der Waals surface area (Å²) in [5, 5.41) is 2.80. The van der Waals surface area contributed by atoms with Gasteiger partial charge in [-0.2, -0.15) is 0 Å². The quantitative estimate of drug-likeness (QED) is 0.611. The fraction of sp³-hybridized carbons (Fsp3) is 0.0909. The van der Waals surface area contributed by atoms with Gasteiger partial charge in [0, 0.05) is 15.6 Å². The molecule has 0 bridgehead atoms. The highest BCUT2D eigenvalue weighted by molar-refractivity contribution is 9.10. The van der Waals surface area contributed by atoms with Gasteiger partial charge in [-0.25, -0.2) is 0 Å².